The summed E-state index contributed by atoms with van der Waals surface area (Å²) in [5, 5.41) is 0. The summed E-state index contributed by atoms with van der Waals surface area (Å²) < 4.78 is 5.39. The smallest absolute Gasteiger partial charge is 0.150 e. The van der Waals surface area contributed by atoms with E-state index in [1.54, 1.807) is 31.2 Å². The molecule has 0 aliphatic rings. The molecule has 1 rings (SSSR count). The molecule has 0 radical (unpaired) electrons. The van der Waals surface area contributed by atoms with Crippen LogP contribution in [0.4, 0.5) is 0 Å². The van der Waals surface area contributed by atoms with Crippen molar-refractivity contribution in [3.8, 4) is 17.6 Å². The molecule has 0 bridgehead atoms. The molecule has 14 heavy (non-hydrogen) atoms. The number of aldehydes is 1. The van der Waals surface area contributed by atoms with E-state index in [4.69, 9.17) is 4.74 Å². The minimum atomic E-state index is 0.585. The number of benzene rings is 1. The van der Waals surface area contributed by atoms with Crippen molar-refractivity contribution in [3.63, 3.8) is 0 Å². The Bertz CT molecular complexity index is 341. The second kappa shape index (κ2) is 5.82. The Hall–Kier alpha value is -1.75. The van der Waals surface area contributed by atoms with E-state index in [1.807, 2.05) is 0 Å². The van der Waals surface area contributed by atoms with Gasteiger partial charge in [-0.2, -0.15) is 0 Å². The molecule has 1 aromatic carbocycles. The molecule has 0 fully saturated rings. The first-order chi connectivity index (χ1) is 6.86. The zero-order valence-electron chi connectivity index (χ0n) is 8.12. The quantitative estimate of drug-likeness (QED) is 0.411. The van der Waals surface area contributed by atoms with Crippen molar-refractivity contribution in [1.82, 2.24) is 0 Å². The van der Waals surface area contributed by atoms with E-state index in [9.17, 15) is 4.79 Å². The van der Waals surface area contributed by atoms with Gasteiger partial charge in [0.2, 0.25) is 0 Å². The van der Waals surface area contributed by atoms with E-state index in [-0.39, 0.29) is 0 Å². The molecule has 2 nitrogen and oxygen atoms in total. The predicted molar refractivity (Wildman–Crippen MR) is 55.4 cm³/mol. The maximum absolute atomic E-state index is 10.4. The highest BCUT2D eigenvalue weighted by Gasteiger charge is 1.92. The Morgan fingerprint density at radius 3 is 2.64 bits per heavy atom. The Balaban J connectivity index is 2.42. The SMILES string of the molecule is CC#CCCOc1ccc(C=O)cc1. The fourth-order valence-electron chi connectivity index (χ4n) is 0.988. The van der Waals surface area contributed by atoms with E-state index < -0.39 is 0 Å². The molecular formula is C12H12O2. The first-order valence-corrected chi connectivity index (χ1v) is 4.44. The second-order valence-corrected chi connectivity index (χ2v) is 2.71. The van der Waals surface area contributed by atoms with Gasteiger partial charge in [-0.25, -0.2) is 0 Å². The summed E-state index contributed by atoms with van der Waals surface area (Å²) in [6.07, 6.45) is 1.54. The first-order valence-electron chi connectivity index (χ1n) is 4.44. The summed E-state index contributed by atoms with van der Waals surface area (Å²) in [6.45, 7) is 2.39. The summed E-state index contributed by atoms with van der Waals surface area (Å²) >= 11 is 0. The van der Waals surface area contributed by atoms with Crippen LogP contribution in [0.15, 0.2) is 24.3 Å². The lowest BCUT2D eigenvalue weighted by atomic mass is 10.2. The molecule has 72 valence electrons. The Kier molecular flexibility index (Phi) is 4.30. The zero-order valence-corrected chi connectivity index (χ0v) is 8.12. The summed E-state index contributed by atoms with van der Waals surface area (Å²) in [5.74, 6) is 6.48. The number of hydrogen-bond acceptors (Lipinski definition) is 2. The van der Waals surface area contributed by atoms with Crippen LogP contribution in [-0.4, -0.2) is 12.9 Å². The zero-order chi connectivity index (χ0) is 10.2. The number of hydrogen-bond donors (Lipinski definition) is 0. The van der Waals surface area contributed by atoms with E-state index in [2.05, 4.69) is 11.8 Å². The van der Waals surface area contributed by atoms with Crippen LogP contribution in [0.25, 0.3) is 0 Å². The van der Waals surface area contributed by atoms with Gasteiger partial charge in [-0.05, 0) is 31.2 Å². The molecule has 0 unspecified atom stereocenters. The first kappa shape index (κ1) is 10.3. The van der Waals surface area contributed by atoms with Gasteiger partial charge in [-0.3, -0.25) is 4.79 Å². The van der Waals surface area contributed by atoms with Gasteiger partial charge in [0.1, 0.15) is 12.0 Å². The van der Waals surface area contributed by atoms with Crippen LogP contribution in [0.1, 0.15) is 23.7 Å². The van der Waals surface area contributed by atoms with Gasteiger partial charge in [0, 0.05) is 12.0 Å². The van der Waals surface area contributed by atoms with Crippen LogP contribution in [0.5, 0.6) is 5.75 Å². The monoisotopic (exact) mass is 188 g/mol. The van der Waals surface area contributed by atoms with Crippen LogP contribution in [0.3, 0.4) is 0 Å². The van der Waals surface area contributed by atoms with Gasteiger partial charge >= 0.3 is 0 Å². The molecule has 0 saturated heterocycles. The summed E-state index contributed by atoms with van der Waals surface area (Å²) in [6, 6.07) is 7.02. The normalized spacial score (nSPS) is 8.64. The minimum Gasteiger partial charge on any atom is -0.493 e. The van der Waals surface area contributed by atoms with Crippen molar-refractivity contribution in [2.24, 2.45) is 0 Å². The molecule has 1 aromatic rings. The highest BCUT2D eigenvalue weighted by Crippen LogP contribution is 2.10. The van der Waals surface area contributed by atoms with E-state index >= 15 is 0 Å². The molecule has 0 N–H and O–H groups in total. The van der Waals surface area contributed by atoms with Gasteiger partial charge < -0.3 is 4.74 Å². The van der Waals surface area contributed by atoms with E-state index in [1.165, 1.54) is 0 Å². The summed E-state index contributed by atoms with van der Waals surface area (Å²) in [7, 11) is 0. The van der Waals surface area contributed by atoms with E-state index in [0.29, 0.717) is 12.2 Å². The summed E-state index contributed by atoms with van der Waals surface area (Å²) in [4.78, 5) is 10.4. The fraction of sp³-hybridized carbons (Fsp3) is 0.250. The fourth-order valence-corrected chi connectivity index (χ4v) is 0.988. The number of carbonyl (C=O) groups is 1. The average molecular weight is 188 g/mol. The standard InChI is InChI=1S/C12H12O2/c1-2-3-4-9-14-12-7-5-11(10-13)6-8-12/h5-8,10H,4,9H2,1H3. The largest absolute Gasteiger partial charge is 0.493 e. The Morgan fingerprint density at radius 2 is 2.07 bits per heavy atom. The number of carbonyl (C=O) groups excluding carboxylic acids is 1. The number of ether oxygens (including phenoxy) is 1. The van der Waals surface area contributed by atoms with Crippen LogP contribution >= 0.6 is 0 Å². The molecule has 0 spiro atoms. The topological polar surface area (TPSA) is 26.3 Å². The molecule has 0 atom stereocenters. The van der Waals surface area contributed by atoms with Crippen molar-refractivity contribution in [2.45, 2.75) is 13.3 Å². The molecule has 0 amide bonds. The van der Waals surface area contributed by atoms with Crippen molar-refractivity contribution < 1.29 is 9.53 Å². The van der Waals surface area contributed by atoms with Crippen LogP contribution in [-0.2, 0) is 0 Å². The molecule has 0 aliphatic carbocycles. The molecular weight excluding hydrogens is 176 g/mol. The Morgan fingerprint density at radius 1 is 1.36 bits per heavy atom. The average Bonchev–Trinajstić information content (AvgIpc) is 2.25. The molecule has 0 saturated carbocycles. The molecule has 0 heterocycles. The molecule has 0 aromatic heterocycles. The van der Waals surface area contributed by atoms with Crippen molar-refractivity contribution in [1.29, 1.82) is 0 Å². The molecule has 0 aliphatic heterocycles. The third-order valence-corrected chi connectivity index (χ3v) is 1.69. The highest BCUT2D eigenvalue weighted by atomic mass is 16.5. The highest BCUT2D eigenvalue weighted by molar-refractivity contribution is 5.74. The van der Waals surface area contributed by atoms with Gasteiger partial charge in [0.05, 0.1) is 6.61 Å². The van der Waals surface area contributed by atoms with Gasteiger partial charge in [0.15, 0.2) is 0 Å². The van der Waals surface area contributed by atoms with Gasteiger partial charge in [0.25, 0.3) is 0 Å². The van der Waals surface area contributed by atoms with Crippen molar-refractivity contribution in [2.75, 3.05) is 6.61 Å². The van der Waals surface area contributed by atoms with E-state index in [0.717, 1.165) is 18.5 Å². The van der Waals surface area contributed by atoms with Crippen molar-refractivity contribution in [3.05, 3.63) is 29.8 Å². The minimum absolute atomic E-state index is 0.585. The third-order valence-electron chi connectivity index (χ3n) is 1.69. The lowest BCUT2D eigenvalue weighted by Crippen LogP contribution is -1.95. The van der Waals surface area contributed by atoms with Crippen LogP contribution < -0.4 is 4.74 Å². The Labute approximate surface area is 83.9 Å². The lowest BCUT2D eigenvalue weighted by molar-refractivity contribution is 0.112. The maximum Gasteiger partial charge on any atom is 0.150 e. The predicted octanol–water partition coefficient (Wildman–Crippen LogP) is 2.29. The lowest BCUT2D eigenvalue weighted by Gasteiger charge is -2.02. The van der Waals surface area contributed by atoms with Gasteiger partial charge in [-0.1, -0.05) is 0 Å². The second-order valence-electron chi connectivity index (χ2n) is 2.71. The summed E-state index contributed by atoms with van der Waals surface area (Å²) in [5.41, 5.74) is 0.658. The van der Waals surface area contributed by atoms with Crippen LogP contribution in [0.2, 0.25) is 0 Å². The number of rotatable bonds is 4. The third kappa shape index (κ3) is 3.32. The van der Waals surface area contributed by atoms with Gasteiger partial charge in [-0.15, -0.1) is 11.8 Å². The molecule has 2 heteroatoms. The van der Waals surface area contributed by atoms with Crippen LogP contribution in [0, 0.1) is 11.8 Å². The van der Waals surface area contributed by atoms with Crippen molar-refractivity contribution >= 4 is 6.29 Å². The maximum atomic E-state index is 10.4.